The molecule has 0 fully saturated rings. The first-order chi connectivity index (χ1) is 15.3. The Morgan fingerprint density at radius 2 is 1.81 bits per heavy atom. The number of amides is 1. The number of hydrogen-bond donors (Lipinski definition) is 1. The predicted octanol–water partition coefficient (Wildman–Crippen LogP) is 4.46. The minimum Gasteiger partial charge on any atom is -0.338 e. The molecule has 8 heteroatoms. The molecule has 0 aliphatic heterocycles. The zero-order valence-electron chi connectivity index (χ0n) is 18.2. The monoisotopic (exact) mass is 448 g/mol. The van der Waals surface area contributed by atoms with E-state index < -0.39 is 0 Å². The van der Waals surface area contributed by atoms with Gasteiger partial charge in [-0.1, -0.05) is 80.2 Å². The number of fused-ring (bicyclic) bond motifs is 1. The fraction of sp³-hybridized carbons (Fsp3) is 0.250. The molecule has 0 saturated heterocycles. The van der Waals surface area contributed by atoms with Gasteiger partial charge in [-0.05, 0) is 17.7 Å². The van der Waals surface area contributed by atoms with Gasteiger partial charge in [-0.2, -0.15) is 0 Å². The van der Waals surface area contributed by atoms with Crippen LogP contribution in [0.1, 0.15) is 32.0 Å². The number of benzene rings is 2. The molecule has 0 aliphatic carbocycles. The maximum atomic E-state index is 13.2. The van der Waals surface area contributed by atoms with Crippen molar-refractivity contribution < 1.29 is 9.32 Å². The Labute approximate surface area is 189 Å². The number of nitrogens with one attached hydrogen (secondary N) is 1. The van der Waals surface area contributed by atoms with Crippen LogP contribution in [0.2, 0.25) is 0 Å². The van der Waals surface area contributed by atoms with Gasteiger partial charge in [-0.25, -0.2) is 4.98 Å². The van der Waals surface area contributed by atoms with E-state index in [0.29, 0.717) is 28.5 Å². The van der Waals surface area contributed by atoms with Crippen LogP contribution < -0.4 is 10.9 Å². The molecule has 0 radical (unpaired) electrons. The van der Waals surface area contributed by atoms with Crippen molar-refractivity contribution in [2.75, 3.05) is 11.1 Å². The fourth-order valence-electron chi connectivity index (χ4n) is 3.15. The molecule has 2 aromatic carbocycles. The van der Waals surface area contributed by atoms with E-state index in [4.69, 9.17) is 4.52 Å². The number of rotatable bonds is 6. The lowest BCUT2D eigenvalue weighted by atomic mass is 9.92. The van der Waals surface area contributed by atoms with Crippen molar-refractivity contribution in [3.05, 3.63) is 82.3 Å². The second-order valence-electron chi connectivity index (χ2n) is 8.45. The number of para-hydroxylation sites is 1. The van der Waals surface area contributed by atoms with E-state index in [1.165, 1.54) is 11.8 Å². The van der Waals surface area contributed by atoms with Crippen molar-refractivity contribution in [2.45, 2.75) is 37.9 Å². The molecule has 164 valence electrons. The summed E-state index contributed by atoms with van der Waals surface area (Å²) in [6, 6.07) is 18.7. The summed E-state index contributed by atoms with van der Waals surface area (Å²) in [6.45, 7) is 6.43. The maximum absolute atomic E-state index is 13.2. The second kappa shape index (κ2) is 9.00. The van der Waals surface area contributed by atoms with Crippen LogP contribution in [0.15, 0.2) is 75.1 Å². The van der Waals surface area contributed by atoms with Crippen LogP contribution in [0, 0.1) is 0 Å². The third-order valence-corrected chi connectivity index (χ3v) is 5.86. The molecular formula is C24H24N4O3S. The van der Waals surface area contributed by atoms with E-state index in [9.17, 15) is 9.59 Å². The average Bonchev–Trinajstić information content (AvgIpc) is 3.24. The molecule has 0 unspecified atom stereocenters. The third kappa shape index (κ3) is 4.91. The lowest BCUT2D eigenvalue weighted by Crippen LogP contribution is -2.24. The minimum atomic E-state index is -0.264. The summed E-state index contributed by atoms with van der Waals surface area (Å²) in [5, 5.41) is 7.77. The summed E-state index contributed by atoms with van der Waals surface area (Å²) in [4.78, 5) is 30.4. The quantitative estimate of drug-likeness (QED) is 0.346. The topological polar surface area (TPSA) is 90.0 Å². The highest BCUT2D eigenvalue weighted by molar-refractivity contribution is 7.99. The highest BCUT2D eigenvalue weighted by atomic mass is 32.2. The van der Waals surface area contributed by atoms with Gasteiger partial charge >= 0.3 is 0 Å². The number of nitrogens with zero attached hydrogens (tertiary/aromatic N) is 3. The van der Waals surface area contributed by atoms with Crippen LogP contribution in [-0.4, -0.2) is 26.4 Å². The molecule has 7 nitrogen and oxygen atoms in total. The summed E-state index contributed by atoms with van der Waals surface area (Å²) in [5.74, 6) is 0.111. The third-order valence-electron chi connectivity index (χ3n) is 4.88. The Morgan fingerprint density at radius 3 is 2.53 bits per heavy atom. The van der Waals surface area contributed by atoms with Crippen molar-refractivity contribution in [1.29, 1.82) is 0 Å². The summed E-state index contributed by atoms with van der Waals surface area (Å²) < 4.78 is 6.84. The molecule has 1 amide bonds. The fourth-order valence-corrected chi connectivity index (χ4v) is 3.95. The number of carbonyl (C=O) groups excluding carboxylic acids is 1. The van der Waals surface area contributed by atoms with Crippen LogP contribution in [0.5, 0.6) is 0 Å². The Kier molecular flexibility index (Phi) is 6.14. The molecule has 2 heterocycles. The molecule has 4 aromatic rings. The van der Waals surface area contributed by atoms with Crippen LogP contribution in [0.3, 0.4) is 0 Å². The van der Waals surface area contributed by atoms with Crippen molar-refractivity contribution in [3.63, 3.8) is 0 Å². The molecule has 2 aromatic heterocycles. The van der Waals surface area contributed by atoms with Crippen LogP contribution in [0.25, 0.3) is 10.9 Å². The molecule has 0 atom stereocenters. The summed E-state index contributed by atoms with van der Waals surface area (Å²) >= 11 is 1.21. The van der Waals surface area contributed by atoms with Crippen LogP contribution >= 0.6 is 11.8 Å². The standard InChI is InChI=1S/C24H24N4O3S/c1-24(2,3)19-13-21(31-27-19)26-20(29)15-32-23-25-18-12-8-7-11-17(18)22(30)28(23)14-16-9-5-4-6-10-16/h4-13H,14-15H2,1-3H3,(H,26,29). The maximum Gasteiger partial charge on any atom is 0.262 e. The number of carbonyl (C=O) groups is 1. The molecule has 0 bridgehead atoms. The molecule has 1 N–H and O–H groups in total. The van der Waals surface area contributed by atoms with E-state index in [2.05, 4.69) is 15.5 Å². The van der Waals surface area contributed by atoms with Crippen molar-refractivity contribution >= 4 is 34.5 Å². The zero-order valence-corrected chi connectivity index (χ0v) is 19.0. The summed E-state index contributed by atoms with van der Waals surface area (Å²) in [7, 11) is 0. The summed E-state index contributed by atoms with van der Waals surface area (Å²) in [6.07, 6.45) is 0. The zero-order chi connectivity index (χ0) is 22.7. The van der Waals surface area contributed by atoms with Gasteiger partial charge in [-0.15, -0.1) is 0 Å². The smallest absolute Gasteiger partial charge is 0.262 e. The normalized spacial score (nSPS) is 11.6. The molecule has 0 saturated carbocycles. The Bertz CT molecular complexity index is 1310. The first-order valence-electron chi connectivity index (χ1n) is 10.2. The number of thioether (sulfide) groups is 1. The van der Waals surface area contributed by atoms with Crippen molar-refractivity contribution in [1.82, 2.24) is 14.7 Å². The first-order valence-corrected chi connectivity index (χ1v) is 11.2. The highest BCUT2D eigenvalue weighted by Gasteiger charge is 2.20. The Hall–Kier alpha value is -3.39. The molecule has 4 rings (SSSR count). The van der Waals surface area contributed by atoms with Gasteiger partial charge in [0.1, 0.15) is 0 Å². The predicted molar refractivity (Wildman–Crippen MR) is 126 cm³/mol. The largest absolute Gasteiger partial charge is 0.338 e. The van der Waals surface area contributed by atoms with Gasteiger partial charge in [-0.3, -0.25) is 19.5 Å². The molecule has 0 aliphatic rings. The van der Waals surface area contributed by atoms with Gasteiger partial charge < -0.3 is 4.52 Å². The Balaban J connectivity index is 1.56. The first kappa shape index (κ1) is 21.8. The molecular weight excluding hydrogens is 424 g/mol. The molecule has 32 heavy (non-hydrogen) atoms. The van der Waals surface area contributed by atoms with E-state index in [0.717, 1.165) is 11.3 Å². The second-order valence-corrected chi connectivity index (χ2v) is 9.39. The van der Waals surface area contributed by atoms with Crippen molar-refractivity contribution in [2.24, 2.45) is 0 Å². The average molecular weight is 449 g/mol. The lowest BCUT2D eigenvalue weighted by molar-refractivity contribution is -0.113. The summed E-state index contributed by atoms with van der Waals surface area (Å²) in [5.41, 5.74) is 2.04. The Morgan fingerprint density at radius 1 is 1.09 bits per heavy atom. The number of anilines is 1. The van der Waals surface area contributed by atoms with Crippen LogP contribution in [0.4, 0.5) is 5.88 Å². The van der Waals surface area contributed by atoms with E-state index >= 15 is 0 Å². The SMILES string of the molecule is CC(C)(C)c1cc(NC(=O)CSc2nc3ccccc3c(=O)n2Cc2ccccc2)on1. The van der Waals surface area contributed by atoms with Crippen molar-refractivity contribution in [3.8, 4) is 0 Å². The molecule has 0 spiro atoms. The number of hydrogen-bond acceptors (Lipinski definition) is 6. The van der Waals surface area contributed by atoms with E-state index in [1.54, 1.807) is 22.8 Å². The van der Waals surface area contributed by atoms with Gasteiger partial charge in [0.2, 0.25) is 11.8 Å². The minimum absolute atomic E-state index is 0.0745. The highest BCUT2D eigenvalue weighted by Crippen LogP contribution is 2.24. The van der Waals surface area contributed by atoms with E-state index in [-0.39, 0.29) is 22.6 Å². The number of aromatic nitrogens is 3. The lowest BCUT2D eigenvalue weighted by Gasteiger charge is -2.13. The van der Waals surface area contributed by atoms with Crippen LogP contribution in [-0.2, 0) is 16.8 Å². The van der Waals surface area contributed by atoms with Gasteiger partial charge in [0.25, 0.3) is 5.56 Å². The van der Waals surface area contributed by atoms with Gasteiger partial charge in [0.05, 0.1) is 28.9 Å². The van der Waals surface area contributed by atoms with E-state index in [1.807, 2.05) is 63.2 Å². The van der Waals surface area contributed by atoms with Gasteiger partial charge in [0.15, 0.2) is 5.16 Å². The van der Waals surface area contributed by atoms with Gasteiger partial charge in [0, 0.05) is 11.5 Å².